The van der Waals surface area contributed by atoms with Gasteiger partial charge in [-0.2, -0.15) is 0 Å². The molecule has 0 unspecified atom stereocenters. The van der Waals surface area contributed by atoms with E-state index in [2.05, 4.69) is 32.6 Å². The van der Waals surface area contributed by atoms with Crippen LogP contribution in [-0.2, 0) is 16.0 Å². The number of pyridine rings is 1. The van der Waals surface area contributed by atoms with Crippen LogP contribution in [0.5, 0.6) is 0 Å². The van der Waals surface area contributed by atoms with E-state index in [1.807, 2.05) is 66.8 Å². The van der Waals surface area contributed by atoms with Crippen LogP contribution in [-0.4, -0.2) is 50.5 Å². The smallest absolute Gasteiger partial charge is 0.419 e. The lowest BCUT2D eigenvalue weighted by Crippen LogP contribution is -2.41. The van der Waals surface area contributed by atoms with Gasteiger partial charge in [0.05, 0.1) is 11.2 Å². The highest BCUT2D eigenvalue weighted by atomic mass is 16.6. The summed E-state index contributed by atoms with van der Waals surface area (Å²) < 4.78 is 14.8. The second-order valence-corrected chi connectivity index (χ2v) is 13.7. The number of hydrogen-bond acceptors (Lipinski definition) is 5. The van der Waals surface area contributed by atoms with Gasteiger partial charge in [-0.1, -0.05) is 32.6 Å². The van der Waals surface area contributed by atoms with Gasteiger partial charge in [0.15, 0.2) is 0 Å². The molecular formula is C35H47N3O5. The van der Waals surface area contributed by atoms with Crippen molar-refractivity contribution < 1.29 is 19.1 Å². The summed E-state index contributed by atoms with van der Waals surface area (Å²) in [5.41, 5.74) is 3.58. The first-order valence-corrected chi connectivity index (χ1v) is 15.3. The molecule has 0 N–H and O–H groups in total. The topological polar surface area (TPSA) is 82.8 Å². The minimum Gasteiger partial charge on any atom is -0.444 e. The van der Waals surface area contributed by atoms with Crippen molar-refractivity contribution in [3.05, 3.63) is 64.1 Å². The van der Waals surface area contributed by atoms with Gasteiger partial charge in [-0.25, -0.2) is 14.2 Å². The molecule has 43 heavy (non-hydrogen) atoms. The standard InChI is InChI=1S/C35H47N3O5/c1-11-23-19-26(21-36(12-2)31(23)39)30-29(22(3)4)27-20-25(13-14-28(27)38(30)33(41)43-35(8,9)10)24-15-17-37(18-16-24)32(40)42-34(5,6)7/h11,13-14,19-22,24H,1,12,15-18H2,2-10H3. The minimum absolute atomic E-state index is 0.0691. The van der Waals surface area contributed by atoms with Gasteiger partial charge in [-0.15, -0.1) is 0 Å². The largest absolute Gasteiger partial charge is 0.444 e. The number of carbonyl (C=O) groups is 2. The van der Waals surface area contributed by atoms with Crippen molar-refractivity contribution in [1.82, 2.24) is 14.0 Å². The molecule has 0 radical (unpaired) electrons. The van der Waals surface area contributed by atoms with Gasteiger partial charge in [0.1, 0.15) is 11.2 Å². The number of benzene rings is 1. The molecule has 1 aliphatic heterocycles. The molecule has 0 aliphatic carbocycles. The molecular weight excluding hydrogens is 542 g/mol. The van der Waals surface area contributed by atoms with Crippen LogP contribution in [0.2, 0.25) is 0 Å². The van der Waals surface area contributed by atoms with Crippen LogP contribution in [0.4, 0.5) is 9.59 Å². The highest BCUT2D eigenvalue weighted by Crippen LogP contribution is 2.41. The van der Waals surface area contributed by atoms with Crippen LogP contribution in [0.15, 0.2) is 41.8 Å². The van der Waals surface area contributed by atoms with E-state index in [0.717, 1.165) is 40.6 Å². The Kier molecular flexibility index (Phi) is 9.00. The Bertz CT molecular complexity index is 1590. The second-order valence-electron chi connectivity index (χ2n) is 13.7. The zero-order valence-corrected chi connectivity index (χ0v) is 27.2. The number of rotatable bonds is 5. The Morgan fingerprint density at radius 3 is 2.14 bits per heavy atom. The van der Waals surface area contributed by atoms with Gasteiger partial charge in [-0.3, -0.25) is 4.79 Å². The van der Waals surface area contributed by atoms with Crippen LogP contribution in [0.1, 0.15) is 104 Å². The lowest BCUT2D eigenvalue weighted by atomic mass is 9.87. The monoisotopic (exact) mass is 589 g/mol. The zero-order valence-electron chi connectivity index (χ0n) is 27.2. The number of ether oxygens (including phenoxy) is 2. The minimum atomic E-state index is -0.695. The number of hydrogen-bond donors (Lipinski definition) is 0. The Labute approximate surface area is 255 Å². The molecule has 1 saturated heterocycles. The van der Waals surface area contributed by atoms with E-state index in [1.165, 1.54) is 5.56 Å². The van der Waals surface area contributed by atoms with Crippen LogP contribution >= 0.6 is 0 Å². The van der Waals surface area contributed by atoms with E-state index < -0.39 is 17.3 Å². The summed E-state index contributed by atoms with van der Waals surface area (Å²) in [4.78, 5) is 41.2. The third kappa shape index (κ3) is 6.89. The van der Waals surface area contributed by atoms with Crippen LogP contribution in [0.3, 0.4) is 0 Å². The third-order valence-electron chi connectivity index (χ3n) is 7.75. The quantitative estimate of drug-likeness (QED) is 0.300. The Hall–Kier alpha value is -3.81. The fraction of sp³-hybridized carbons (Fsp3) is 0.514. The SMILES string of the molecule is C=Cc1cc(-c2c(C(C)C)c3cc(C4CCN(C(=O)OC(C)(C)C)CC4)ccc3n2C(=O)OC(C)(C)C)cn(CC)c1=O. The molecule has 8 heteroatoms. The highest BCUT2D eigenvalue weighted by molar-refractivity contribution is 6.00. The third-order valence-corrected chi connectivity index (χ3v) is 7.75. The van der Waals surface area contributed by atoms with Crippen molar-refractivity contribution in [3.63, 3.8) is 0 Å². The summed E-state index contributed by atoms with van der Waals surface area (Å²) in [6, 6.07) is 8.12. The van der Waals surface area contributed by atoms with E-state index >= 15 is 0 Å². The summed E-state index contributed by atoms with van der Waals surface area (Å²) in [6.45, 7) is 23.0. The van der Waals surface area contributed by atoms with Gasteiger partial charge in [0.2, 0.25) is 0 Å². The molecule has 0 saturated carbocycles. The molecule has 0 atom stereocenters. The number of aryl methyl sites for hydroxylation is 1. The molecule has 232 valence electrons. The average molecular weight is 590 g/mol. The maximum Gasteiger partial charge on any atom is 0.419 e. The van der Waals surface area contributed by atoms with Gasteiger partial charge in [0.25, 0.3) is 5.56 Å². The van der Waals surface area contributed by atoms with Gasteiger partial charge in [-0.05, 0) is 102 Å². The molecule has 3 aromatic rings. The number of amides is 1. The Morgan fingerprint density at radius 1 is 1.00 bits per heavy atom. The Balaban J connectivity index is 1.86. The summed E-state index contributed by atoms with van der Waals surface area (Å²) in [6.07, 6.45) is 4.30. The van der Waals surface area contributed by atoms with E-state index in [1.54, 1.807) is 20.1 Å². The van der Waals surface area contributed by atoms with Crippen LogP contribution in [0.25, 0.3) is 28.2 Å². The van der Waals surface area contributed by atoms with E-state index in [9.17, 15) is 14.4 Å². The van der Waals surface area contributed by atoms with Crippen molar-refractivity contribution in [2.75, 3.05) is 13.1 Å². The normalized spacial score (nSPS) is 14.8. The first-order chi connectivity index (χ1) is 20.0. The summed E-state index contributed by atoms with van der Waals surface area (Å²) in [5.74, 6) is 0.338. The van der Waals surface area contributed by atoms with Crippen molar-refractivity contribution in [1.29, 1.82) is 0 Å². The number of aromatic nitrogens is 2. The number of fused-ring (bicyclic) bond motifs is 1. The second kappa shape index (κ2) is 12.1. The maximum absolute atomic E-state index is 13.9. The van der Waals surface area contributed by atoms with E-state index in [4.69, 9.17) is 9.47 Å². The highest BCUT2D eigenvalue weighted by Gasteiger charge is 2.31. The number of likely N-dealkylation sites (tertiary alicyclic amines) is 1. The molecule has 1 amide bonds. The van der Waals surface area contributed by atoms with Gasteiger partial charge in [0, 0.05) is 42.3 Å². The van der Waals surface area contributed by atoms with Gasteiger partial charge >= 0.3 is 12.2 Å². The fourth-order valence-corrected chi connectivity index (χ4v) is 5.84. The first-order valence-electron chi connectivity index (χ1n) is 15.3. The Morgan fingerprint density at radius 2 is 1.60 bits per heavy atom. The van der Waals surface area contributed by atoms with Crippen molar-refractivity contribution in [3.8, 4) is 11.3 Å². The lowest BCUT2D eigenvalue weighted by molar-refractivity contribution is 0.0204. The molecule has 4 rings (SSSR count). The zero-order chi connectivity index (χ0) is 31.9. The van der Waals surface area contributed by atoms with E-state index in [-0.39, 0.29) is 23.5 Å². The fourth-order valence-electron chi connectivity index (χ4n) is 5.84. The van der Waals surface area contributed by atoms with Gasteiger partial charge < -0.3 is 18.9 Å². The number of carbonyl (C=O) groups excluding carboxylic acids is 2. The average Bonchev–Trinajstić information content (AvgIpc) is 3.26. The predicted octanol–water partition coefficient (Wildman–Crippen LogP) is 8.15. The lowest BCUT2D eigenvalue weighted by Gasteiger charge is -2.33. The van der Waals surface area contributed by atoms with Crippen molar-refractivity contribution >= 4 is 29.2 Å². The van der Waals surface area contributed by atoms with Crippen molar-refractivity contribution in [2.45, 2.75) is 105 Å². The summed E-state index contributed by atoms with van der Waals surface area (Å²) in [7, 11) is 0. The molecule has 0 bridgehead atoms. The van der Waals surface area contributed by atoms with Crippen LogP contribution in [0, 0.1) is 0 Å². The molecule has 8 nitrogen and oxygen atoms in total. The first kappa shape index (κ1) is 32.1. The van der Waals surface area contributed by atoms with E-state index in [0.29, 0.717) is 25.2 Å². The molecule has 0 spiro atoms. The van der Waals surface area contributed by atoms with Crippen molar-refractivity contribution in [2.24, 2.45) is 0 Å². The number of nitrogens with zero attached hydrogens (tertiary/aromatic N) is 3. The summed E-state index contributed by atoms with van der Waals surface area (Å²) in [5, 5.41) is 0.984. The summed E-state index contributed by atoms with van der Waals surface area (Å²) >= 11 is 0. The predicted molar refractivity (Wildman–Crippen MR) is 173 cm³/mol. The molecule has 1 aliphatic rings. The van der Waals surface area contributed by atoms with Crippen LogP contribution < -0.4 is 5.56 Å². The molecule has 1 aromatic carbocycles. The molecule has 3 heterocycles. The number of piperidine rings is 1. The molecule has 1 fully saturated rings. The molecule has 2 aromatic heterocycles. The maximum atomic E-state index is 13.9.